The lowest BCUT2D eigenvalue weighted by molar-refractivity contribution is -0.127. The zero-order chi connectivity index (χ0) is 86.8. The van der Waals surface area contributed by atoms with Crippen LogP contribution in [0.2, 0.25) is 15.1 Å². The first-order valence-electron chi connectivity index (χ1n) is 44.0. The third kappa shape index (κ3) is 30.3. The first-order valence-corrected chi connectivity index (χ1v) is 45.2. The summed E-state index contributed by atoms with van der Waals surface area (Å²) in [4.78, 5) is 72.8. The molecule has 0 saturated carbocycles. The van der Waals surface area contributed by atoms with E-state index in [-0.39, 0.29) is 73.4 Å². The molecule has 1 unspecified atom stereocenters. The Bertz CT molecular complexity index is 3890. The van der Waals surface area contributed by atoms with E-state index in [0.29, 0.717) is 94.5 Å². The van der Waals surface area contributed by atoms with Crippen LogP contribution in [0, 0.1) is 17.8 Å². The quantitative estimate of drug-likeness (QED) is 0.0190. The van der Waals surface area contributed by atoms with Gasteiger partial charge in [0.05, 0.1) is 66.4 Å². The molecule has 11 atom stereocenters. The number of nitrogens with two attached hydrogens (primary N) is 1. The Hall–Kier alpha value is -8.22. The smallest absolute Gasteiger partial charge is 0.225 e. The third-order valence-corrected chi connectivity index (χ3v) is 24.0. The van der Waals surface area contributed by atoms with Crippen molar-refractivity contribution in [1.29, 1.82) is 0 Å². The van der Waals surface area contributed by atoms with Crippen LogP contribution in [0.3, 0.4) is 0 Å². The second-order valence-corrected chi connectivity index (χ2v) is 35.7. The summed E-state index contributed by atoms with van der Waals surface area (Å²) in [5.41, 5.74) is 12.1. The molecule has 0 aliphatic carbocycles. The number of ether oxygens (including phenoxy) is 4. The molecule has 26 nitrogen and oxygen atoms in total. The minimum absolute atomic E-state index is 0. The summed E-state index contributed by atoms with van der Waals surface area (Å²) < 4.78 is 22.3. The fourth-order valence-electron chi connectivity index (χ4n) is 16.7. The molecule has 7 saturated heterocycles. The summed E-state index contributed by atoms with van der Waals surface area (Å²) in [5.74, 6) is 1.77. The van der Waals surface area contributed by atoms with Gasteiger partial charge in [-0.05, 0) is 275 Å². The van der Waals surface area contributed by atoms with Crippen molar-refractivity contribution in [2.45, 2.75) is 206 Å². The molecule has 0 spiro atoms. The lowest BCUT2D eigenvalue weighted by Gasteiger charge is -2.29. The molecule has 672 valence electrons. The van der Waals surface area contributed by atoms with Crippen LogP contribution in [0.4, 0.5) is 17.1 Å². The first-order chi connectivity index (χ1) is 58.7. The number of likely N-dealkylation sites (tertiary alicyclic amines) is 4. The van der Waals surface area contributed by atoms with Gasteiger partial charge in [0.2, 0.25) is 41.2 Å². The average Bonchev–Trinajstić information content (AvgIpc) is 1.69. The van der Waals surface area contributed by atoms with E-state index in [1.54, 1.807) is 49.1 Å². The SMILES string of the molecule is C.CC(C)Oc1ccc([C@@H](O)[C@@H](CN2CCCC2)NC(=O)C2CCN(c3ccc(Cl)cc3)C2)cn1.CC(C)Oc1ccc([C@@H](O)[C@@H](CN2CCCC2)NC(=O)[C@@H]2CCN(c3ccc(Cl)cc3)C2)cn1.CC(C)Oc1ccc([C@@H](O)[C@@H](CN2CCCC2)NC(=O)[C@H]2CCN(c3ccc(Cl)cc3)C2)cn1.CC(C)Oc1ccc([C@@H](O)[C@H](N)CN2CCCC2)cn1. The van der Waals surface area contributed by atoms with Gasteiger partial charge in [0.15, 0.2) is 0 Å². The number of benzene rings is 3. The van der Waals surface area contributed by atoms with E-state index in [1.165, 1.54) is 12.8 Å². The Kier molecular flexibility index (Phi) is 38.2. The van der Waals surface area contributed by atoms with Crippen molar-refractivity contribution in [1.82, 2.24) is 55.5 Å². The highest BCUT2D eigenvalue weighted by Gasteiger charge is 2.38. The van der Waals surface area contributed by atoms with Gasteiger partial charge in [-0.1, -0.05) is 42.2 Å². The number of aliphatic hydroxyl groups is 4. The largest absolute Gasteiger partial charge is 0.475 e. The van der Waals surface area contributed by atoms with Crippen LogP contribution in [-0.2, 0) is 14.4 Å². The molecule has 9 N–H and O–H groups in total. The second kappa shape index (κ2) is 48.5. The molecular weight excluding hydrogens is 1620 g/mol. The molecule has 7 aliphatic rings. The molecule has 4 aromatic heterocycles. The van der Waals surface area contributed by atoms with Crippen molar-refractivity contribution in [3.05, 3.63) is 183 Å². The molecule has 7 aliphatic heterocycles. The number of rotatable bonds is 33. The minimum atomic E-state index is -0.848. The highest BCUT2D eigenvalue weighted by atomic mass is 35.5. The predicted molar refractivity (Wildman–Crippen MR) is 488 cm³/mol. The van der Waals surface area contributed by atoms with E-state index in [2.05, 4.69) is 70.2 Å². The van der Waals surface area contributed by atoms with Crippen LogP contribution in [0.5, 0.6) is 23.5 Å². The van der Waals surface area contributed by atoms with Crippen LogP contribution < -0.4 is 55.3 Å². The standard InChI is InChI=1S/3C26H35ClN4O3.C15H25N3O2.CH4/c3*1-18(2)34-24-10-5-19(15-28-24)25(32)23(17-30-12-3-4-13-30)29-26(33)20-11-14-31(16-20)22-8-6-21(27)7-9-22;1-11(2)20-14-6-5-12(9-17-14)15(19)13(16)10-18-7-3-4-8-18;/h3*5-10,15,18,20,23,25,32H,3-4,11-14,16-17H2,1-2H3,(H,29,33);5-6,9,11,13,15,19H,3-4,7-8,10,16H2,1-2H3;1H4/t20?,23-,25-;20-,23+,25+;20-,23-,25-;13-,15-;/m1011./s1. The topological polar surface area (TPSA) is 305 Å². The van der Waals surface area contributed by atoms with Crippen LogP contribution in [-0.4, -0.2) is 244 Å². The zero-order valence-electron chi connectivity index (χ0n) is 72.3. The van der Waals surface area contributed by atoms with Gasteiger partial charge in [-0.2, -0.15) is 0 Å². The average molecular weight is 1760 g/mol. The fraction of sp³-hybridized carbons (Fsp3) is 0.564. The number of pyridine rings is 4. The summed E-state index contributed by atoms with van der Waals surface area (Å²) >= 11 is 18.0. The van der Waals surface area contributed by atoms with E-state index >= 15 is 0 Å². The van der Waals surface area contributed by atoms with Crippen molar-refractivity contribution in [2.75, 3.05) is 133 Å². The number of hydrogen-bond donors (Lipinski definition) is 8. The Balaban J connectivity index is 0.000000174. The number of hydrogen-bond acceptors (Lipinski definition) is 23. The molecule has 29 heteroatoms. The molecule has 0 radical (unpaired) electrons. The van der Waals surface area contributed by atoms with E-state index < -0.39 is 42.5 Å². The van der Waals surface area contributed by atoms with Crippen LogP contribution in [0.15, 0.2) is 146 Å². The van der Waals surface area contributed by atoms with Gasteiger partial charge in [0.25, 0.3) is 0 Å². The van der Waals surface area contributed by atoms with Gasteiger partial charge in [-0.3, -0.25) is 14.4 Å². The zero-order valence-corrected chi connectivity index (χ0v) is 74.6. The predicted octanol–water partition coefficient (Wildman–Crippen LogP) is 12.9. The molecule has 0 bridgehead atoms. The summed E-state index contributed by atoms with van der Waals surface area (Å²) in [6, 6.07) is 36.1. The molecular formula is C94H134Cl3N15O11. The van der Waals surface area contributed by atoms with E-state index in [1.807, 2.05) is 152 Å². The Morgan fingerprint density at radius 1 is 0.358 bits per heavy atom. The highest BCUT2D eigenvalue weighted by molar-refractivity contribution is 6.31. The van der Waals surface area contributed by atoms with Crippen LogP contribution >= 0.6 is 34.8 Å². The number of carbonyl (C=O) groups excluding carboxylic acids is 3. The number of nitrogens with one attached hydrogen (secondary N) is 3. The number of carbonyl (C=O) groups is 3. The Labute approximate surface area is 743 Å². The molecule has 14 rings (SSSR count). The van der Waals surface area contributed by atoms with Gasteiger partial charge in [0.1, 0.15) is 18.3 Å². The Morgan fingerprint density at radius 2 is 0.585 bits per heavy atom. The van der Waals surface area contributed by atoms with Crippen LogP contribution in [0.25, 0.3) is 0 Å². The number of aliphatic hydroxyl groups excluding tert-OH is 4. The maximum atomic E-state index is 13.2. The highest BCUT2D eigenvalue weighted by Crippen LogP contribution is 2.33. The number of anilines is 3. The number of halogens is 3. The van der Waals surface area contributed by atoms with Gasteiger partial charge in [-0.25, -0.2) is 19.9 Å². The molecule has 123 heavy (non-hydrogen) atoms. The molecule has 3 aromatic carbocycles. The van der Waals surface area contributed by atoms with Gasteiger partial charge < -0.3 is 95.4 Å². The second-order valence-electron chi connectivity index (χ2n) is 34.4. The van der Waals surface area contributed by atoms with Crippen molar-refractivity contribution < 1.29 is 53.8 Å². The van der Waals surface area contributed by atoms with Crippen molar-refractivity contribution >= 4 is 69.6 Å². The number of aromatic nitrogens is 4. The minimum Gasteiger partial charge on any atom is -0.475 e. The lowest BCUT2D eigenvalue weighted by Crippen LogP contribution is -2.48. The number of amides is 3. The molecule has 7 aromatic rings. The molecule has 11 heterocycles. The van der Waals surface area contributed by atoms with Gasteiger partial charge >= 0.3 is 0 Å². The van der Waals surface area contributed by atoms with Crippen molar-refractivity contribution in [2.24, 2.45) is 23.5 Å². The van der Waals surface area contributed by atoms with E-state index in [9.17, 15) is 34.8 Å². The van der Waals surface area contributed by atoms with Crippen LogP contribution in [0.1, 0.15) is 180 Å². The van der Waals surface area contributed by atoms with Crippen molar-refractivity contribution in [3.8, 4) is 23.5 Å². The maximum Gasteiger partial charge on any atom is 0.225 e. The molecule has 7 fully saturated rings. The van der Waals surface area contributed by atoms with Crippen molar-refractivity contribution in [3.63, 3.8) is 0 Å². The summed E-state index contributed by atoms with van der Waals surface area (Å²) in [6.45, 7) is 30.7. The Morgan fingerprint density at radius 3 is 0.805 bits per heavy atom. The van der Waals surface area contributed by atoms with Gasteiger partial charge in [-0.15, -0.1) is 0 Å². The number of nitrogens with zero attached hydrogens (tertiary/aromatic N) is 11. The monoisotopic (exact) mass is 1750 g/mol. The normalized spacial score (nSPS) is 20.1. The first kappa shape index (κ1) is 97.0. The maximum absolute atomic E-state index is 13.2. The summed E-state index contributed by atoms with van der Waals surface area (Å²) in [5, 5.41) is 55.6. The fourth-order valence-corrected chi connectivity index (χ4v) is 17.1. The van der Waals surface area contributed by atoms with E-state index in [0.717, 1.165) is 159 Å². The van der Waals surface area contributed by atoms with E-state index in [4.69, 9.17) is 59.5 Å². The molecule has 3 amide bonds. The van der Waals surface area contributed by atoms with Gasteiger partial charge in [0, 0.05) is 175 Å². The lowest BCUT2D eigenvalue weighted by atomic mass is 10.0. The summed E-state index contributed by atoms with van der Waals surface area (Å²) in [6.07, 6.45) is 15.2. The third-order valence-electron chi connectivity index (χ3n) is 23.2. The summed E-state index contributed by atoms with van der Waals surface area (Å²) in [7, 11) is 0.